The zero-order chi connectivity index (χ0) is 29.3. The number of methoxy groups -OCH3 is 1. The molecule has 1 aliphatic rings. The zero-order valence-electron chi connectivity index (χ0n) is 25.8. The Hall–Kier alpha value is -2.82. The molecule has 2 aromatic rings. The van der Waals surface area contributed by atoms with Crippen molar-refractivity contribution in [3.63, 3.8) is 0 Å². The first-order valence-electron chi connectivity index (χ1n) is 15.9. The van der Waals surface area contributed by atoms with Gasteiger partial charge in [0, 0.05) is 23.7 Å². The van der Waals surface area contributed by atoms with E-state index < -0.39 is 0 Å². The van der Waals surface area contributed by atoms with Crippen LogP contribution in [0.25, 0.3) is 0 Å². The van der Waals surface area contributed by atoms with E-state index in [1.165, 1.54) is 37.7 Å². The van der Waals surface area contributed by atoms with E-state index in [1.54, 1.807) is 7.11 Å². The Morgan fingerprint density at radius 3 is 2.15 bits per heavy atom. The minimum atomic E-state index is -0.286. The lowest BCUT2D eigenvalue weighted by atomic mass is 9.78. The van der Waals surface area contributed by atoms with E-state index in [1.807, 2.05) is 24.3 Å². The van der Waals surface area contributed by atoms with E-state index in [0.717, 1.165) is 60.5 Å². The van der Waals surface area contributed by atoms with Crippen molar-refractivity contribution < 1.29 is 18.6 Å². The Balaban J connectivity index is 1.62. The number of ether oxygens (including phenoxy) is 3. The van der Waals surface area contributed by atoms with Crippen LogP contribution in [0.1, 0.15) is 96.5 Å². The lowest BCUT2D eigenvalue weighted by Gasteiger charge is -2.28. The maximum Gasteiger partial charge on any atom is 0.119 e. The fourth-order valence-corrected chi connectivity index (χ4v) is 5.79. The van der Waals surface area contributed by atoms with Gasteiger partial charge in [-0.1, -0.05) is 58.2 Å². The molecule has 0 spiro atoms. The van der Waals surface area contributed by atoms with Crippen molar-refractivity contribution >= 4 is 6.21 Å². The van der Waals surface area contributed by atoms with Crippen LogP contribution in [-0.2, 0) is 0 Å². The second kappa shape index (κ2) is 18.6. The molecular weight excluding hydrogens is 513 g/mol. The number of allylic oxidation sites excluding steroid dienone is 2. The summed E-state index contributed by atoms with van der Waals surface area (Å²) in [4.78, 5) is 4.93. The predicted octanol–water partition coefficient (Wildman–Crippen LogP) is 9.98. The molecular formula is C36H52FNO3. The van der Waals surface area contributed by atoms with E-state index in [9.17, 15) is 4.39 Å². The number of halogens is 1. The lowest BCUT2D eigenvalue weighted by molar-refractivity contribution is 0.297. The monoisotopic (exact) mass is 565 g/mol. The van der Waals surface area contributed by atoms with Gasteiger partial charge in [-0.15, -0.1) is 0 Å². The van der Waals surface area contributed by atoms with Crippen molar-refractivity contribution in [1.82, 2.24) is 0 Å². The SMILES string of the molecule is CCCC(C)CC(CC)CCC1C=NC(CCCOc2ccc(OC)cc2)=CC1c1ccc(OCCCCF)cc1. The molecule has 0 radical (unpaired) electrons. The second-order valence-electron chi connectivity index (χ2n) is 11.5. The van der Waals surface area contributed by atoms with Gasteiger partial charge in [0.1, 0.15) is 17.2 Å². The third-order valence-corrected chi connectivity index (χ3v) is 8.23. The molecule has 0 fully saturated rings. The smallest absolute Gasteiger partial charge is 0.119 e. The maximum absolute atomic E-state index is 12.4. The van der Waals surface area contributed by atoms with E-state index >= 15 is 0 Å². The third kappa shape index (κ3) is 11.5. The van der Waals surface area contributed by atoms with E-state index in [2.05, 4.69) is 57.3 Å². The zero-order valence-corrected chi connectivity index (χ0v) is 25.8. The number of benzene rings is 2. The molecule has 4 nitrogen and oxygen atoms in total. The minimum absolute atomic E-state index is 0.286. The van der Waals surface area contributed by atoms with Crippen LogP contribution in [0.15, 0.2) is 65.3 Å². The molecule has 4 atom stereocenters. The second-order valence-corrected chi connectivity index (χ2v) is 11.5. The van der Waals surface area contributed by atoms with Crippen LogP contribution in [0.3, 0.4) is 0 Å². The normalized spacial score (nSPS) is 18.0. The van der Waals surface area contributed by atoms with E-state index in [0.29, 0.717) is 31.5 Å². The van der Waals surface area contributed by atoms with E-state index in [4.69, 9.17) is 19.2 Å². The molecule has 0 aromatic heterocycles. The topological polar surface area (TPSA) is 40.0 Å². The Morgan fingerprint density at radius 1 is 0.854 bits per heavy atom. The summed E-state index contributed by atoms with van der Waals surface area (Å²) in [5.41, 5.74) is 2.44. The van der Waals surface area contributed by atoms with Crippen LogP contribution in [0.2, 0.25) is 0 Å². The largest absolute Gasteiger partial charge is 0.497 e. The summed E-state index contributed by atoms with van der Waals surface area (Å²) in [7, 11) is 1.67. The van der Waals surface area contributed by atoms with Gasteiger partial charge < -0.3 is 14.2 Å². The minimum Gasteiger partial charge on any atom is -0.497 e. The summed E-state index contributed by atoms with van der Waals surface area (Å²) in [6.07, 6.45) is 15.2. The summed E-state index contributed by atoms with van der Waals surface area (Å²) in [6.45, 7) is 7.96. The average molecular weight is 566 g/mol. The highest BCUT2D eigenvalue weighted by atomic mass is 19.1. The standard InChI is InChI=1S/C36H52FNO3/c1-5-10-28(3)25-29(6-2)12-13-31-27-38-32(11-9-24-41-35-20-18-33(39-4)19-21-35)26-36(31)30-14-16-34(17-15-30)40-23-8-7-22-37/h14-21,26-29,31,36H,5-13,22-25H2,1-4H3. The van der Waals surface area contributed by atoms with Crippen LogP contribution in [0, 0.1) is 17.8 Å². The fraction of sp³-hybridized carbons (Fsp3) is 0.583. The van der Waals surface area contributed by atoms with Gasteiger partial charge in [0.15, 0.2) is 0 Å². The van der Waals surface area contributed by atoms with Crippen LogP contribution < -0.4 is 14.2 Å². The van der Waals surface area contributed by atoms with E-state index in [-0.39, 0.29) is 6.67 Å². The molecule has 2 aromatic carbocycles. The quantitative estimate of drug-likeness (QED) is 0.150. The molecule has 3 rings (SSSR count). The van der Waals surface area contributed by atoms with Crippen molar-refractivity contribution in [2.75, 3.05) is 27.0 Å². The predicted molar refractivity (Wildman–Crippen MR) is 169 cm³/mol. The first-order chi connectivity index (χ1) is 20.1. The van der Waals surface area contributed by atoms with Crippen molar-refractivity contribution in [1.29, 1.82) is 0 Å². The Morgan fingerprint density at radius 2 is 1.51 bits per heavy atom. The number of hydrogen-bond donors (Lipinski definition) is 0. The van der Waals surface area contributed by atoms with Gasteiger partial charge in [0.2, 0.25) is 0 Å². The molecule has 4 unspecified atom stereocenters. The molecule has 1 heterocycles. The van der Waals surface area contributed by atoms with Crippen LogP contribution >= 0.6 is 0 Å². The van der Waals surface area contributed by atoms with Gasteiger partial charge in [-0.05, 0) is 98.7 Å². The lowest BCUT2D eigenvalue weighted by Crippen LogP contribution is -2.19. The third-order valence-electron chi connectivity index (χ3n) is 8.23. The average Bonchev–Trinajstić information content (AvgIpc) is 3.00. The molecule has 5 heteroatoms. The number of alkyl halides is 1. The highest BCUT2D eigenvalue weighted by molar-refractivity contribution is 5.67. The van der Waals surface area contributed by atoms with Gasteiger partial charge in [0.05, 0.1) is 27.0 Å². The van der Waals surface area contributed by atoms with Gasteiger partial charge in [0.25, 0.3) is 0 Å². The summed E-state index contributed by atoms with van der Waals surface area (Å²) in [6, 6.07) is 16.2. The summed E-state index contributed by atoms with van der Waals surface area (Å²) >= 11 is 0. The first-order valence-corrected chi connectivity index (χ1v) is 15.9. The molecule has 0 saturated heterocycles. The van der Waals surface area contributed by atoms with Crippen LogP contribution in [0.5, 0.6) is 17.2 Å². The Bertz CT molecular complexity index is 1030. The number of nitrogens with zero attached hydrogens (tertiary/aromatic N) is 1. The molecule has 41 heavy (non-hydrogen) atoms. The highest BCUT2D eigenvalue weighted by Crippen LogP contribution is 2.36. The summed E-state index contributed by atoms with van der Waals surface area (Å²) < 4.78 is 29.4. The summed E-state index contributed by atoms with van der Waals surface area (Å²) in [5, 5.41) is 0. The van der Waals surface area contributed by atoms with Gasteiger partial charge in [-0.25, -0.2) is 0 Å². The fourth-order valence-electron chi connectivity index (χ4n) is 5.79. The molecule has 0 N–H and O–H groups in total. The molecule has 0 saturated carbocycles. The summed E-state index contributed by atoms with van der Waals surface area (Å²) in [5.74, 6) is 4.80. The van der Waals surface area contributed by atoms with Crippen LogP contribution in [-0.4, -0.2) is 33.2 Å². The number of aliphatic imine (C=N–C) groups is 1. The maximum atomic E-state index is 12.4. The number of rotatable bonds is 20. The molecule has 0 bridgehead atoms. The number of unbranched alkanes of at least 4 members (excludes halogenated alkanes) is 1. The Kier molecular flexibility index (Phi) is 14.8. The van der Waals surface area contributed by atoms with Gasteiger partial charge >= 0.3 is 0 Å². The van der Waals surface area contributed by atoms with Gasteiger partial charge in [-0.3, -0.25) is 9.38 Å². The molecule has 0 amide bonds. The highest BCUT2D eigenvalue weighted by Gasteiger charge is 2.25. The first kappa shape index (κ1) is 32.7. The molecule has 226 valence electrons. The molecule has 1 aliphatic heterocycles. The number of hydrogen-bond acceptors (Lipinski definition) is 4. The van der Waals surface area contributed by atoms with Gasteiger partial charge in [-0.2, -0.15) is 0 Å². The van der Waals surface area contributed by atoms with Crippen molar-refractivity contribution in [3.05, 3.63) is 65.9 Å². The van der Waals surface area contributed by atoms with Crippen molar-refractivity contribution in [3.8, 4) is 17.2 Å². The Labute approximate surface area is 248 Å². The van der Waals surface area contributed by atoms with Crippen LogP contribution in [0.4, 0.5) is 4.39 Å². The van der Waals surface area contributed by atoms with Crippen molar-refractivity contribution in [2.45, 2.75) is 90.9 Å². The molecule has 0 aliphatic carbocycles. The van der Waals surface area contributed by atoms with Crippen molar-refractivity contribution in [2.24, 2.45) is 22.7 Å².